The predicted molar refractivity (Wildman–Crippen MR) is 67.8 cm³/mol. The van der Waals surface area contributed by atoms with Gasteiger partial charge < -0.3 is 5.11 Å². The molecule has 0 heterocycles. The summed E-state index contributed by atoms with van der Waals surface area (Å²) >= 11 is 0. The number of carbonyl (C=O) groups is 1. The zero-order valence-electron chi connectivity index (χ0n) is 10.1. The van der Waals surface area contributed by atoms with E-state index < -0.39 is 11.8 Å². The second kappa shape index (κ2) is 5.12. The molecule has 0 amide bonds. The van der Waals surface area contributed by atoms with Crippen LogP contribution in [0.2, 0.25) is 0 Å². The molecule has 2 heteroatoms. The number of rotatable bonds is 3. The third-order valence-corrected chi connectivity index (χ3v) is 2.32. The Bertz CT molecular complexity index is 574. The Balaban J connectivity index is 2.37. The first-order chi connectivity index (χ1) is 8.70. The van der Waals surface area contributed by atoms with Crippen molar-refractivity contribution in [2.24, 2.45) is 0 Å². The molecule has 0 atom stereocenters. The molecule has 0 aliphatic carbocycles. The molecule has 0 fully saturated rings. The maximum Gasteiger partial charge on any atom is 0.189 e. The highest BCUT2D eigenvalue weighted by Crippen LogP contribution is 2.12. The van der Waals surface area contributed by atoms with E-state index in [1.165, 1.54) is 0 Å². The number of carbonyl (C=O) groups excluding carboxylic acids is 1. The molecule has 2 nitrogen and oxygen atoms in total. The monoisotopic (exact) mass is 225 g/mol. The van der Waals surface area contributed by atoms with Crippen LogP contribution in [0.25, 0.3) is 5.76 Å². The summed E-state index contributed by atoms with van der Waals surface area (Å²) in [5, 5.41) is 9.89. The highest BCUT2D eigenvalue weighted by molar-refractivity contribution is 6.07. The summed E-state index contributed by atoms with van der Waals surface area (Å²) in [6.45, 7) is 0. The standard InChI is InChI=1S/C15H12O2/c16-14(12-7-3-1-4-8-12)11-15(17)13-9-5-2-6-10-13/h1-11,16H/b14-11-/i11D. The van der Waals surface area contributed by atoms with Crippen LogP contribution in [0.5, 0.6) is 0 Å². The van der Waals surface area contributed by atoms with Crippen molar-refractivity contribution in [1.29, 1.82) is 0 Å². The van der Waals surface area contributed by atoms with Crippen molar-refractivity contribution in [2.75, 3.05) is 0 Å². The van der Waals surface area contributed by atoms with E-state index in [1.54, 1.807) is 60.7 Å². The van der Waals surface area contributed by atoms with Gasteiger partial charge in [0.15, 0.2) is 5.78 Å². The molecule has 1 N–H and O–H groups in total. The molecule has 0 radical (unpaired) electrons. The molecule has 0 aliphatic rings. The van der Waals surface area contributed by atoms with Gasteiger partial charge in [-0.05, 0) is 0 Å². The molecule has 0 bridgehead atoms. The van der Waals surface area contributed by atoms with Crippen molar-refractivity contribution in [3.63, 3.8) is 0 Å². The van der Waals surface area contributed by atoms with Gasteiger partial charge in [-0.15, -0.1) is 0 Å². The molecule has 2 aromatic carbocycles. The summed E-state index contributed by atoms with van der Waals surface area (Å²) in [5.74, 6) is -0.790. The van der Waals surface area contributed by atoms with Crippen LogP contribution in [0.4, 0.5) is 0 Å². The zero-order chi connectivity index (χ0) is 13.0. The number of benzene rings is 2. The summed E-state index contributed by atoms with van der Waals surface area (Å²) in [6.07, 6.45) is 0. The van der Waals surface area contributed by atoms with E-state index in [9.17, 15) is 9.90 Å². The molecule has 0 spiro atoms. The van der Waals surface area contributed by atoms with Crippen LogP contribution in [0.15, 0.2) is 66.7 Å². The first-order valence-corrected chi connectivity index (χ1v) is 5.25. The summed E-state index contributed by atoms with van der Waals surface area (Å²) in [7, 11) is 0. The lowest BCUT2D eigenvalue weighted by Crippen LogP contribution is -1.95. The summed E-state index contributed by atoms with van der Waals surface area (Å²) in [5.41, 5.74) is 0.858. The highest BCUT2D eigenvalue weighted by Gasteiger charge is 2.04. The van der Waals surface area contributed by atoms with Crippen molar-refractivity contribution in [3.8, 4) is 0 Å². The van der Waals surface area contributed by atoms with E-state index in [2.05, 4.69) is 0 Å². The predicted octanol–water partition coefficient (Wildman–Crippen LogP) is 3.47. The molecule has 84 valence electrons. The van der Waals surface area contributed by atoms with Gasteiger partial charge in [-0.3, -0.25) is 4.79 Å². The van der Waals surface area contributed by atoms with Crippen molar-refractivity contribution in [2.45, 2.75) is 0 Å². The largest absolute Gasteiger partial charge is 0.507 e. The number of ketones is 1. The minimum atomic E-state index is -0.489. The molecule has 0 aliphatic heterocycles. The fraction of sp³-hybridized carbons (Fsp3) is 0. The number of aliphatic hydroxyl groups is 1. The Labute approximate surface area is 101 Å². The fourth-order valence-electron chi connectivity index (χ4n) is 1.44. The minimum absolute atomic E-state index is 0.301. The van der Waals surface area contributed by atoms with Crippen LogP contribution in [-0.4, -0.2) is 10.9 Å². The average Bonchev–Trinajstić information content (AvgIpc) is 2.47. The maximum absolute atomic E-state index is 12.0. The Morgan fingerprint density at radius 3 is 1.94 bits per heavy atom. The van der Waals surface area contributed by atoms with Crippen molar-refractivity contribution < 1.29 is 11.3 Å². The average molecular weight is 225 g/mol. The van der Waals surface area contributed by atoms with Crippen molar-refractivity contribution in [1.82, 2.24) is 0 Å². The van der Waals surface area contributed by atoms with Gasteiger partial charge in [0.1, 0.15) is 5.76 Å². The van der Waals surface area contributed by atoms with Crippen LogP contribution in [0.1, 0.15) is 17.3 Å². The van der Waals surface area contributed by atoms with Crippen LogP contribution in [0.3, 0.4) is 0 Å². The first kappa shape index (κ1) is 9.85. The number of allylic oxidation sites excluding steroid dienone is 1. The molecular weight excluding hydrogens is 212 g/mol. The van der Waals surface area contributed by atoms with E-state index in [0.29, 0.717) is 11.1 Å². The second-order valence-electron chi connectivity index (χ2n) is 3.53. The maximum atomic E-state index is 12.0. The van der Waals surface area contributed by atoms with Crippen molar-refractivity contribution >= 4 is 11.5 Å². The second-order valence-corrected chi connectivity index (χ2v) is 3.53. The first-order valence-electron chi connectivity index (χ1n) is 5.75. The van der Waals surface area contributed by atoms with Crippen molar-refractivity contribution in [3.05, 3.63) is 77.8 Å². The zero-order valence-corrected chi connectivity index (χ0v) is 9.13. The SMILES string of the molecule is [2H]/C(C(=O)c1ccccc1)=C(/O)c1ccccc1. The van der Waals surface area contributed by atoms with Gasteiger partial charge in [0.2, 0.25) is 0 Å². The lowest BCUT2D eigenvalue weighted by atomic mass is 10.1. The van der Waals surface area contributed by atoms with Gasteiger partial charge in [0.05, 0.1) is 1.37 Å². The quantitative estimate of drug-likeness (QED) is 0.493. The Kier molecular flexibility index (Phi) is 2.97. The van der Waals surface area contributed by atoms with Crippen LogP contribution in [0, 0.1) is 0 Å². The molecule has 0 unspecified atom stereocenters. The van der Waals surface area contributed by atoms with Gasteiger partial charge in [-0.25, -0.2) is 0 Å². The van der Waals surface area contributed by atoms with E-state index in [0.717, 1.165) is 0 Å². The van der Waals surface area contributed by atoms with E-state index >= 15 is 0 Å². The normalized spacial score (nSPS) is 12.6. The molecule has 0 saturated carbocycles. The number of hydrogen-bond donors (Lipinski definition) is 1. The highest BCUT2D eigenvalue weighted by atomic mass is 16.3. The van der Waals surface area contributed by atoms with Crippen LogP contribution >= 0.6 is 0 Å². The van der Waals surface area contributed by atoms with Gasteiger partial charge in [0.25, 0.3) is 0 Å². The van der Waals surface area contributed by atoms with E-state index in [-0.39, 0.29) is 5.76 Å². The topological polar surface area (TPSA) is 37.3 Å². The molecule has 0 aromatic heterocycles. The Morgan fingerprint density at radius 2 is 1.41 bits per heavy atom. The summed E-state index contributed by atoms with van der Waals surface area (Å²) in [4.78, 5) is 12.0. The lowest BCUT2D eigenvalue weighted by molar-refractivity contribution is 0.104. The summed E-state index contributed by atoms with van der Waals surface area (Å²) in [6, 6.07) is 16.7. The third kappa shape index (κ3) is 2.82. The summed E-state index contributed by atoms with van der Waals surface area (Å²) < 4.78 is 7.74. The molecule has 0 saturated heterocycles. The minimum Gasteiger partial charge on any atom is -0.507 e. The Hall–Kier alpha value is -2.35. The van der Waals surface area contributed by atoms with E-state index in [1.807, 2.05) is 0 Å². The molecule has 2 aromatic rings. The number of aliphatic hydroxyl groups excluding tert-OH is 1. The smallest absolute Gasteiger partial charge is 0.189 e. The fourth-order valence-corrected chi connectivity index (χ4v) is 1.44. The van der Waals surface area contributed by atoms with E-state index in [4.69, 9.17) is 1.37 Å². The van der Waals surface area contributed by atoms with Crippen LogP contribution < -0.4 is 0 Å². The lowest BCUT2D eigenvalue weighted by Gasteiger charge is -1.99. The Morgan fingerprint density at radius 1 is 0.941 bits per heavy atom. The molecule has 17 heavy (non-hydrogen) atoms. The van der Waals surface area contributed by atoms with Gasteiger partial charge in [0, 0.05) is 17.2 Å². The van der Waals surface area contributed by atoms with Gasteiger partial charge in [-0.2, -0.15) is 0 Å². The van der Waals surface area contributed by atoms with Crippen LogP contribution in [-0.2, 0) is 0 Å². The molecule has 2 rings (SSSR count). The third-order valence-electron chi connectivity index (χ3n) is 2.32. The molecular formula is C15H12O2. The van der Waals surface area contributed by atoms with Gasteiger partial charge in [-0.1, -0.05) is 60.7 Å². The van der Waals surface area contributed by atoms with Gasteiger partial charge >= 0.3 is 0 Å². The number of hydrogen-bond acceptors (Lipinski definition) is 2.